The predicted molar refractivity (Wildman–Crippen MR) is 72.6 cm³/mol. The Hall–Kier alpha value is -1.90. The lowest BCUT2D eigenvalue weighted by atomic mass is 10.1. The first-order valence-electron chi connectivity index (χ1n) is 6.52. The van der Waals surface area contributed by atoms with Crippen molar-refractivity contribution in [3.8, 4) is 0 Å². The Kier molecular flexibility index (Phi) is 3.22. The van der Waals surface area contributed by atoms with Crippen LogP contribution >= 0.6 is 0 Å². The number of anilines is 1. The van der Waals surface area contributed by atoms with Crippen molar-refractivity contribution in [3.63, 3.8) is 0 Å². The standard InChI is InChI=1S/C15H17N3/c1-2-4-12(5-3-1)8-10-16-14-9-11-17-15(18-14)13-6-7-13/h1-5,9,11,13H,6-8,10H2,(H,16,17,18). The Morgan fingerprint density at radius 2 is 1.94 bits per heavy atom. The van der Waals surface area contributed by atoms with E-state index in [1.54, 1.807) is 0 Å². The summed E-state index contributed by atoms with van der Waals surface area (Å²) in [5.41, 5.74) is 1.35. The van der Waals surface area contributed by atoms with Gasteiger partial charge in [-0.05, 0) is 30.9 Å². The second-order valence-electron chi connectivity index (χ2n) is 4.74. The second kappa shape index (κ2) is 5.17. The fourth-order valence-corrected chi connectivity index (χ4v) is 1.99. The SMILES string of the molecule is c1ccc(CCNc2ccnc(C3CC3)n2)cc1. The van der Waals surface area contributed by atoms with Crippen LogP contribution in [0.15, 0.2) is 42.6 Å². The molecule has 2 aromatic rings. The molecule has 1 aromatic heterocycles. The van der Waals surface area contributed by atoms with Gasteiger partial charge in [-0.2, -0.15) is 0 Å². The zero-order valence-corrected chi connectivity index (χ0v) is 10.3. The number of benzene rings is 1. The Morgan fingerprint density at radius 1 is 1.11 bits per heavy atom. The number of nitrogens with zero attached hydrogens (tertiary/aromatic N) is 2. The van der Waals surface area contributed by atoms with Gasteiger partial charge in [0.2, 0.25) is 0 Å². The molecule has 1 aliphatic carbocycles. The number of hydrogen-bond donors (Lipinski definition) is 1. The van der Waals surface area contributed by atoms with E-state index in [9.17, 15) is 0 Å². The van der Waals surface area contributed by atoms with Crippen molar-refractivity contribution in [2.75, 3.05) is 11.9 Å². The summed E-state index contributed by atoms with van der Waals surface area (Å²) in [4.78, 5) is 8.86. The largest absolute Gasteiger partial charge is 0.370 e. The normalized spacial score (nSPS) is 14.4. The monoisotopic (exact) mass is 239 g/mol. The van der Waals surface area contributed by atoms with Crippen LogP contribution in [0.25, 0.3) is 0 Å². The van der Waals surface area contributed by atoms with Crippen LogP contribution in [0.5, 0.6) is 0 Å². The van der Waals surface area contributed by atoms with Crippen LogP contribution in [0.3, 0.4) is 0 Å². The molecule has 0 spiro atoms. The fraction of sp³-hybridized carbons (Fsp3) is 0.333. The Balaban J connectivity index is 1.55. The average Bonchev–Trinajstić information content (AvgIpc) is 3.25. The third-order valence-corrected chi connectivity index (χ3v) is 3.18. The molecule has 92 valence electrons. The van der Waals surface area contributed by atoms with Crippen molar-refractivity contribution in [3.05, 3.63) is 54.0 Å². The maximum Gasteiger partial charge on any atom is 0.133 e. The van der Waals surface area contributed by atoms with Crippen LogP contribution in [0, 0.1) is 0 Å². The molecular weight excluding hydrogens is 222 g/mol. The lowest BCUT2D eigenvalue weighted by Crippen LogP contribution is -2.07. The fourth-order valence-electron chi connectivity index (χ4n) is 1.99. The maximum absolute atomic E-state index is 4.54. The molecule has 0 aliphatic heterocycles. The van der Waals surface area contributed by atoms with Crippen molar-refractivity contribution in [1.82, 2.24) is 9.97 Å². The summed E-state index contributed by atoms with van der Waals surface area (Å²) in [5, 5.41) is 3.37. The van der Waals surface area contributed by atoms with E-state index in [4.69, 9.17) is 0 Å². The summed E-state index contributed by atoms with van der Waals surface area (Å²) in [7, 11) is 0. The summed E-state index contributed by atoms with van der Waals surface area (Å²) in [6.45, 7) is 0.908. The highest BCUT2D eigenvalue weighted by Gasteiger charge is 2.26. The molecule has 1 aromatic carbocycles. The van der Waals surface area contributed by atoms with Crippen molar-refractivity contribution in [2.45, 2.75) is 25.2 Å². The molecular formula is C15H17N3. The van der Waals surface area contributed by atoms with E-state index in [1.807, 2.05) is 18.3 Å². The highest BCUT2D eigenvalue weighted by molar-refractivity contribution is 5.34. The molecule has 3 heteroatoms. The third-order valence-electron chi connectivity index (χ3n) is 3.18. The molecule has 3 nitrogen and oxygen atoms in total. The predicted octanol–water partition coefficient (Wildman–Crippen LogP) is 3.01. The van der Waals surface area contributed by atoms with E-state index < -0.39 is 0 Å². The first-order valence-corrected chi connectivity index (χ1v) is 6.52. The van der Waals surface area contributed by atoms with Gasteiger partial charge in [0.25, 0.3) is 0 Å². The van der Waals surface area contributed by atoms with Gasteiger partial charge in [0, 0.05) is 18.7 Å². The molecule has 1 heterocycles. The zero-order chi connectivity index (χ0) is 12.2. The molecule has 0 unspecified atom stereocenters. The average molecular weight is 239 g/mol. The number of hydrogen-bond acceptors (Lipinski definition) is 3. The van der Waals surface area contributed by atoms with Crippen molar-refractivity contribution in [1.29, 1.82) is 0 Å². The highest BCUT2D eigenvalue weighted by atomic mass is 15.0. The minimum atomic E-state index is 0.612. The Morgan fingerprint density at radius 3 is 2.72 bits per heavy atom. The summed E-state index contributed by atoms with van der Waals surface area (Å²) in [5.74, 6) is 2.56. The summed E-state index contributed by atoms with van der Waals surface area (Å²) >= 11 is 0. The molecule has 3 rings (SSSR count). The topological polar surface area (TPSA) is 37.8 Å². The van der Waals surface area contributed by atoms with E-state index in [0.29, 0.717) is 5.92 Å². The van der Waals surface area contributed by atoms with Crippen molar-refractivity contribution >= 4 is 5.82 Å². The van der Waals surface area contributed by atoms with Gasteiger partial charge in [-0.3, -0.25) is 0 Å². The molecule has 0 saturated heterocycles. The molecule has 0 radical (unpaired) electrons. The first-order chi connectivity index (χ1) is 8.92. The quantitative estimate of drug-likeness (QED) is 0.871. The van der Waals surface area contributed by atoms with Crippen LogP contribution in [-0.4, -0.2) is 16.5 Å². The van der Waals surface area contributed by atoms with Gasteiger partial charge in [-0.1, -0.05) is 30.3 Å². The number of rotatable bonds is 5. The molecule has 0 amide bonds. The van der Waals surface area contributed by atoms with Gasteiger partial charge in [0.15, 0.2) is 0 Å². The molecule has 1 aliphatic rings. The maximum atomic E-state index is 4.54. The van der Waals surface area contributed by atoms with Gasteiger partial charge in [-0.25, -0.2) is 9.97 Å². The molecule has 1 saturated carbocycles. The van der Waals surface area contributed by atoms with Crippen LogP contribution in [0.2, 0.25) is 0 Å². The van der Waals surface area contributed by atoms with Crippen molar-refractivity contribution in [2.24, 2.45) is 0 Å². The number of aromatic nitrogens is 2. The zero-order valence-electron chi connectivity index (χ0n) is 10.3. The van der Waals surface area contributed by atoms with Gasteiger partial charge in [0.05, 0.1) is 0 Å². The van der Waals surface area contributed by atoms with E-state index in [0.717, 1.165) is 24.6 Å². The van der Waals surface area contributed by atoms with Gasteiger partial charge in [0.1, 0.15) is 11.6 Å². The lowest BCUT2D eigenvalue weighted by Gasteiger charge is -2.06. The molecule has 0 atom stereocenters. The molecule has 1 N–H and O–H groups in total. The van der Waals surface area contributed by atoms with E-state index >= 15 is 0 Å². The summed E-state index contributed by atoms with van der Waals surface area (Å²) in [6, 6.07) is 12.4. The second-order valence-corrected chi connectivity index (χ2v) is 4.74. The minimum absolute atomic E-state index is 0.612. The van der Waals surface area contributed by atoms with Crippen LogP contribution in [-0.2, 0) is 6.42 Å². The molecule has 18 heavy (non-hydrogen) atoms. The minimum Gasteiger partial charge on any atom is -0.370 e. The molecule has 1 fully saturated rings. The van der Waals surface area contributed by atoms with Crippen LogP contribution in [0.4, 0.5) is 5.82 Å². The Labute approximate surface area is 107 Å². The van der Waals surface area contributed by atoms with E-state index in [-0.39, 0.29) is 0 Å². The first kappa shape index (κ1) is 11.2. The van der Waals surface area contributed by atoms with Crippen LogP contribution < -0.4 is 5.32 Å². The Bertz CT molecular complexity index is 506. The van der Waals surface area contributed by atoms with Gasteiger partial charge in [-0.15, -0.1) is 0 Å². The lowest BCUT2D eigenvalue weighted by molar-refractivity contribution is 0.915. The number of nitrogens with one attached hydrogen (secondary N) is 1. The highest BCUT2D eigenvalue weighted by Crippen LogP contribution is 2.37. The smallest absolute Gasteiger partial charge is 0.133 e. The molecule has 0 bridgehead atoms. The summed E-state index contributed by atoms with van der Waals surface area (Å²) < 4.78 is 0. The van der Waals surface area contributed by atoms with Gasteiger partial charge >= 0.3 is 0 Å². The van der Waals surface area contributed by atoms with Gasteiger partial charge < -0.3 is 5.32 Å². The van der Waals surface area contributed by atoms with E-state index in [1.165, 1.54) is 18.4 Å². The van der Waals surface area contributed by atoms with Crippen molar-refractivity contribution < 1.29 is 0 Å². The third kappa shape index (κ3) is 2.86. The van der Waals surface area contributed by atoms with Crippen LogP contribution in [0.1, 0.15) is 30.1 Å². The summed E-state index contributed by atoms with van der Waals surface area (Å²) in [6.07, 6.45) is 5.36. The van der Waals surface area contributed by atoms with E-state index in [2.05, 4.69) is 39.6 Å².